The number of nitriles is 1. The summed E-state index contributed by atoms with van der Waals surface area (Å²) >= 11 is 0. The number of hydrogen-bond donors (Lipinski definition) is 1. The lowest BCUT2D eigenvalue weighted by Gasteiger charge is -2.33. The fourth-order valence-electron chi connectivity index (χ4n) is 6.18. The van der Waals surface area contributed by atoms with Gasteiger partial charge in [-0.15, -0.1) is 0 Å². The monoisotopic (exact) mass is 549 g/mol. The summed E-state index contributed by atoms with van der Waals surface area (Å²) in [6.45, 7) is 5.28. The lowest BCUT2D eigenvalue weighted by Crippen LogP contribution is -2.34. The average molecular weight is 550 g/mol. The van der Waals surface area contributed by atoms with Crippen LogP contribution in [0.15, 0.2) is 60.7 Å². The predicted molar refractivity (Wildman–Crippen MR) is 161 cm³/mol. The van der Waals surface area contributed by atoms with Crippen molar-refractivity contribution in [2.45, 2.75) is 64.2 Å². The van der Waals surface area contributed by atoms with Crippen molar-refractivity contribution in [3.63, 3.8) is 0 Å². The second-order valence-electron chi connectivity index (χ2n) is 11.3. The van der Waals surface area contributed by atoms with Gasteiger partial charge in [0.25, 0.3) is 5.91 Å². The van der Waals surface area contributed by atoms with Crippen molar-refractivity contribution in [1.82, 2.24) is 10.2 Å². The number of rotatable bonds is 9. The summed E-state index contributed by atoms with van der Waals surface area (Å²) in [6, 6.07) is 21.6. The number of nitrogens with zero attached hydrogens (tertiary/aromatic N) is 2. The minimum Gasteiger partial charge on any atom is -0.426 e. The maximum atomic E-state index is 12.6. The molecule has 6 heteroatoms. The van der Waals surface area contributed by atoms with Gasteiger partial charge in [-0.2, -0.15) is 5.26 Å². The number of piperidine rings is 1. The smallest absolute Gasteiger partial charge is 0.308 e. The number of likely N-dealkylation sites (tertiary alicyclic amines) is 1. The van der Waals surface area contributed by atoms with Gasteiger partial charge in [-0.25, -0.2) is 0 Å². The maximum absolute atomic E-state index is 12.6. The lowest BCUT2D eigenvalue weighted by atomic mass is 9.83. The summed E-state index contributed by atoms with van der Waals surface area (Å²) in [5.41, 5.74) is 7.15. The molecule has 1 N–H and O–H groups in total. The van der Waals surface area contributed by atoms with E-state index in [1.807, 2.05) is 36.4 Å². The molecule has 0 radical (unpaired) electrons. The Hall–Kier alpha value is -3.95. The highest BCUT2D eigenvalue weighted by atomic mass is 16.5. The first-order valence-electron chi connectivity index (χ1n) is 15.0. The van der Waals surface area contributed by atoms with Crippen LogP contribution in [-0.2, 0) is 17.6 Å². The van der Waals surface area contributed by atoms with Gasteiger partial charge in [0.05, 0.1) is 11.6 Å². The van der Waals surface area contributed by atoms with E-state index in [0.29, 0.717) is 23.6 Å². The Morgan fingerprint density at radius 2 is 1.61 bits per heavy atom. The number of esters is 1. The zero-order chi connectivity index (χ0) is 28.6. The van der Waals surface area contributed by atoms with E-state index in [0.717, 1.165) is 81.5 Å². The van der Waals surface area contributed by atoms with E-state index in [2.05, 4.69) is 28.4 Å². The second kappa shape index (κ2) is 13.6. The number of carbonyl (C=O) groups excluding carboxylic acids is 2. The standard InChI is InChI=1S/C35H39N3O3/c1-25(39)41-34-32-7-3-2-6-29(32)16-17-33(34)30-18-22-38(23-19-30)21-5-4-20-37-35(40)31-14-12-28(13-15-31)27-10-8-26(24-36)9-11-27/h8-17,30H,2-7,18-23H2,1H3,(H,37,40). The fraction of sp³-hybridized carbons (Fsp3) is 0.400. The topological polar surface area (TPSA) is 82.4 Å². The van der Waals surface area contributed by atoms with E-state index in [1.165, 1.54) is 30.0 Å². The van der Waals surface area contributed by atoms with E-state index in [-0.39, 0.29) is 11.9 Å². The molecule has 0 spiro atoms. The summed E-state index contributed by atoms with van der Waals surface area (Å²) in [5.74, 6) is 1.00. The van der Waals surface area contributed by atoms with Crippen LogP contribution in [-0.4, -0.2) is 43.0 Å². The van der Waals surface area contributed by atoms with Crippen LogP contribution in [0, 0.1) is 11.3 Å². The first-order valence-corrected chi connectivity index (χ1v) is 15.0. The normalized spacial score (nSPS) is 15.5. The summed E-state index contributed by atoms with van der Waals surface area (Å²) in [6.07, 6.45) is 8.58. The Morgan fingerprint density at radius 1 is 0.927 bits per heavy atom. The third-order valence-electron chi connectivity index (χ3n) is 8.47. The first-order chi connectivity index (χ1) is 20.0. The van der Waals surface area contributed by atoms with Gasteiger partial charge >= 0.3 is 5.97 Å². The Labute approximate surface area is 243 Å². The van der Waals surface area contributed by atoms with E-state index in [9.17, 15) is 9.59 Å². The van der Waals surface area contributed by atoms with Gasteiger partial charge < -0.3 is 15.0 Å². The molecule has 3 aromatic rings. The minimum absolute atomic E-state index is 0.0502. The van der Waals surface area contributed by atoms with Crippen LogP contribution in [0.4, 0.5) is 0 Å². The molecule has 41 heavy (non-hydrogen) atoms. The quantitative estimate of drug-likeness (QED) is 0.189. The number of amides is 1. The molecule has 1 aliphatic heterocycles. The van der Waals surface area contributed by atoms with Crippen molar-refractivity contribution in [2.75, 3.05) is 26.2 Å². The number of benzene rings is 3. The fourth-order valence-corrected chi connectivity index (χ4v) is 6.18. The summed E-state index contributed by atoms with van der Waals surface area (Å²) < 4.78 is 5.80. The van der Waals surface area contributed by atoms with Crippen molar-refractivity contribution in [3.8, 4) is 22.9 Å². The molecule has 1 aliphatic carbocycles. The molecule has 2 aliphatic rings. The van der Waals surface area contributed by atoms with Gasteiger partial charge in [-0.3, -0.25) is 9.59 Å². The van der Waals surface area contributed by atoms with Crippen molar-refractivity contribution < 1.29 is 14.3 Å². The Morgan fingerprint density at radius 3 is 2.29 bits per heavy atom. The van der Waals surface area contributed by atoms with Crippen LogP contribution in [0.2, 0.25) is 0 Å². The lowest BCUT2D eigenvalue weighted by molar-refractivity contribution is -0.132. The van der Waals surface area contributed by atoms with E-state index in [1.54, 1.807) is 12.1 Å². The molecule has 6 nitrogen and oxygen atoms in total. The molecule has 0 bridgehead atoms. The van der Waals surface area contributed by atoms with E-state index < -0.39 is 0 Å². The predicted octanol–water partition coefficient (Wildman–Crippen LogP) is 6.42. The number of aryl methyl sites for hydroxylation is 1. The molecule has 1 saturated heterocycles. The molecule has 212 valence electrons. The highest BCUT2D eigenvalue weighted by Crippen LogP contribution is 2.40. The molecule has 5 rings (SSSR count). The van der Waals surface area contributed by atoms with Gasteiger partial charge in [0.1, 0.15) is 5.75 Å². The summed E-state index contributed by atoms with van der Waals surface area (Å²) in [5, 5.41) is 12.0. The zero-order valence-electron chi connectivity index (χ0n) is 24.0. The zero-order valence-corrected chi connectivity index (χ0v) is 24.0. The van der Waals surface area contributed by atoms with Gasteiger partial charge in [0, 0.05) is 19.0 Å². The highest BCUT2D eigenvalue weighted by Gasteiger charge is 2.27. The maximum Gasteiger partial charge on any atom is 0.308 e. The van der Waals surface area contributed by atoms with Gasteiger partial charge in [-0.1, -0.05) is 36.4 Å². The molecule has 1 heterocycles. The van der Waals surface area contributed by atoms with Crippen LogP contribution < -0.4 is 10.1 Å². The first kappa shape index (κ1) is 28.6. The summed E-state index contributed by atoms with van der Waals surface area (Å²) in [4.78, 5) is 27.0. The van der Waals surface area contributed by atoms with Crippen molar-refractivity contribution in [1.29, 1.82) is 5.26 Å². The number of hydrogen-bond acceptors (Lipinski definition) is 5. The Kier molecular flexibility index (Phi) is 9.48. The molecular formula is C35H39N3O3. The Bertz CT molecular complexity index is 1400. The molecule has 0 unspecified atom stereocenters. The van der Waals surface area contributed by atoms with Crippen LogP contribution >= 0.6 is 0 Å². The average Bonchev–Trinajstić information content (AvgIpc) is 3.01. The van der Waals surface area contributed by atoms with Crippen molar-refractivity contribution >= 4 is 11.9 Å². The molecule has 0 atom stereocenters. The Balaban J connectivity index is 1.04. The second-order valence-corrected chi connectivity index (χ2v) is 11.3. The van der Waals surface area contributed by atoms with Crippen molar-refractivity contribution in [3.05, 3.63) is 88.5 Å². The number of fused-ring (bicyclic) bond motifs is 1. The third kappa shape index (κ3) is 7.23. The molecular weight excluding hydrogens is 510 g/mol. The molecule has 0 saturated carbocycles. The molecule has 1 amide bonds. The van der Waals surface area contributed by atoms with E-state index >= 15 is 0 Å². The largest absolute Gasteiger partial charge is 0.426 e. The summed E-state index contributed by atoms with van der Waals surface area (Å²) in [7, 11) is 0. The SMILES string of the molecule is CC(=O)Oc1c(C2CCN(CCCCNC(=O)c3ccc(-c4ccc(C#N)cc4)cc3)CC2)ccc2c1CCCC2. The third-order valence-corrected chi connectivity index (χ3v) is 8.47. The number of unbranched alkanes of at least 4 members (excludes halogenated alkanes) is 1. The molecule has 1 fully saturated rings. The van der Waals surface area contributed by atoms with Crippen LogP contribution in [0.1, 0.15) is 84.0 Å². The number of ether oxygens (including phenoxy) is 1. The molecule has 3 aromatic carbocycles. The van der Waals surface area contributed by atoms with Gasteiger partial charge in [-0.05, 0) is 129 Å². The van der Waals surface area contributed by atoms with Gasteiger partial charge in [0.15, 0.2) is 0 Å². The van der Waals surface area contributed by atoms with Crippen LogP contribution in [0.3, 0.4) is 0 Å². The van der Waals surface area contributed by atoms with Gasteiger partial charge in [0.2, 0.25) is 0 Å². The van der Waals surface area contributed by atoms with Crippen LogP contribution in [0.25, 0.3) is 11.1 Å². The minimum atomic E-state index is -0.227. The molecule has 0 aromatic heterocycles. The highest BCUT2D eigenvalue weighted by molar-refractivity contribution is 5.94. The van der Waals surface area contributed by atoms with E-state index in [4.69, 9.17) is 10.00 Å². The van der Waals surface area contributed by atoms with Crippen LogP contribution in [0.5, 0.6) is 5.75 Å². The van der Waals surface area contributed by atoms with Crippen molar-refractivity contribution in [2.24, 2.45) is 0 Å². The number of nitrogens with one attached hydrogen (secondary N) is 1. The number of carbonyl (C=O) groups is 2.